The summed E-state index contributed by atoms with van der Waals surface area (Å²) in [5.74, 6) is 0. The summed E-state index contributed by atoms with van der Waals surface area (Å²) in [6.07, 6.45) is 14.0. The first-order valence-corrected chi connectivity index (χ1v) is 7.32. The number of hydrogen-bond donors (Lipinski definition) is 0. The molecule has 0 aliphatic rings. The standard InChI is InChI=1S/C16H27O3/c1-3-5-7-11-16(19-15-18,12-8-6-4-2)13-9-10-14-17/h9-10,13-15H,3-8,11-12H2,1-2H3. The predicted octanol–water partition coefficient (Wildman–Crippen LogP) is 3.87. The second-order valence-corrected chi connectivity index (χ2v) is 4.88. The zero-order chi connectivity index (χ0) is 14.4. The van der Waals surface area contributed by atoms with Crippen LogP contribution in [0.1, 0.15) is 65.2 Å². The van der Waals surface area contributed by atoms with E-state index in [0.29, 0.717) is 6.47 Å². The fourth-order valence-corrected chi connectivity index (χ4v) is 2.17. The molecule has 109 valence electrons. The summed E-state index contributed by atoms with van der Waals surface area (Å²) in [5.41, 5.74) is -0.536. The fourth-order valence-electron chi connectivity index (χ4n) is 2.17. The average molecular weight is 267 g/mol. The molecule has 0 amide bonds. The Balaban J connectivity index is 4.45. The van der Waals surface area contributed by atoms with Gasteiger partial charge in [-0.1, -0.05) is 39.5 Å². The van der Waals surface area contributed by atoms with Crippen LogP contribution >= 0.6 is 0 Å². The zero-order valence-corrected chi connectivity index (χ0v) is 12.3. The van der Waals surface area contributed by atoms with Gasteiger partial charge >= 0.3 is 0 Å². The number of carbonyl (C=O) groups excluding carboxylic acids is 2. The third-order valence-electron chi connectivity index (χ3n) is 3.28. The van der Waals surface area contributed by atoms with Gasteiger partial charge in [0.2, 0.25) is 0 Å². The summed E-state index contributed by atoms with van der Waals surface area (Å²) in [6, 6.07) is 0. The van der Waals surface area contributed by atoms with Crippen molar-refractivity contribution in [3.8, 4) is 0 Å². The largest absolute Gasteiger partial charge is 0.461 e. The molecule has 0 aromatic heterocycles. The summed E-state index contributed by atoms with van der Waals surface area (Å²) in [7, 11) is 0. The van der Waals surface area contributed by atoms with Crippen molar-refractivity contribution in [2.24, 2.45) is 0 Å². The molecule has 0 unspecified atom stereocenters. The van der Waals surface area contributed by atoms with Crippen LogP contribution in [0.3, 0.4) is 0 Å². The summed E-state index contributed by atoms with van der Waals surface area (Å²) in [5, 5.41) is 0. The normalized spacial score (nSPS) is 11.3. The minimum Gasteiger partial charge on any atom is -0.461 e. The van der Waals surface area contributed by atoms with Gasteiger partial charge in [0.1, 0.15) is 11.9 Å². The van der Waals surface area contributed by atoms with Crippen LogP contribution in [0.4, 0.5) is 0 Å². The van der Waals surface area contributed by atoms with Gasteiger partial charge < -0.3 is 9.53 Å². The third kappa shape index (κ3) is 8.79. The predicted molar refractivity (Wildman–Crippen MR) is 77.1 cm³/mol. The summed E-state index contributed by atoms with van der Waals surface area (Å²) in [6.45, 7) is 4.83. The van der Waals surface area contributed by atoms with Gasteiger partial charge in [0, 0.05) is 12.8 Å². The van der Waals surface area contributed by atoms with Crippen LogP contribution in [0.15, 0.2) is 0 Å². The minimum absolute atomic E-state index is 0.531. The molecule has 3 radical (unpaired) electrons. The van der Waals surface area contributed by atoms with Crippen LogP contribution in [-0.2, 0) is 14.3 Å². The Kier molecular flexibility index (Phi) is 11.6. The Morgan fingerprint density at radius 2 is 1.47 bits per heavy atom. The van der Waals surface area contributed by atoms with Crippen molar-refractivity contribution < 1.29 is 14.3 Å². The van der Waals surface area contributed by atoms with Crippen LogP contribution in [-0.4, -0.2) is 18.4 Å². The molecule has 0 aromatic rings. The molecule has 3 heteroatoms. The van der Waals surface area contributed by atoms with Gasteiger partial charge in [-0.15, -0.1) is 0 Å². The molecule has 0 aromatic carbocycles. The van der Waals surface area contributed by atoms with Gasteiger partial charge in [0.25, 0.3) is 6.47 Å². The Morgan fingerprint density at radius 1 is 0.895 bits per heavy atom. The molecule has 3 nitrogen and oxygen atoms in total. The smallest absolute Gasteiger partial charge is 0.293 e. The van der Waals surface area contributed by atoms with Crippen molar-refractivity contribution in [1.29, 1.82) is 0 Å². The highest BCUT2D eigenvalue weighted by Gasteiger charge is 2.30. The molecule has 0 heterocycles. The number of unbranched alkanes of at least 4 members (excludes halogenated alkanes) is 5. The van der Waals surface area contributed by atoms with Gasteiger partial charge in [-0.2, -0.15) is 0 Å². The van der Waals surface area contributed by atoms with E-state index >= 15 is 0 Å². The average Bonchev–Trinajstić information content (AvgIpc) is 2.40. The molecule has 0 spiro atoms. The molecule has 0 aliphatic carbocycles. The van der Waals surface area contributed by atoms with Crippen LogP contribution in [0, 0.1) is 19.3 Å². The van der Waals surface area contributed by atoms with Crippen molar-refractivity contribution in [3.63, 3.8) is 0 Å². The van der Waals surface area contributed by atoms with E-state index in [-0.39, 0.29) is 0 Å². The first kappa shape index (κ1) is 18.1. The summed E-state index contributed by atoms with van der Waals surface area (Å²) in [4.78, 5) is 21.1. The van der Waals surface area contributed by atoms with E-state index in [2.05, 4.69) is 13.8 Å². The maximum atomic E-state index is 10.8. The SMILES string of the molecule is CCCCCC([CH][CH][CH]C=O)(CCCCC)OC=O. The van der Waals surface area contributed by atoms with Crippen molar-refractivity contribution >= 4 is 12.8 Å². The van der Waals surface area contributed by atoms with E-state index in [0.717, 1.165) is 57.7 Å². The Morgan fingerprint density at radius 3 is 1.89 bits per heavy atom. The molecule has 0 fully saturated rings. The molecule has 0 bridgehead atoms. The van der Waals surface area contributed by atoms with Gasteiger partial charge in [0.05, 0.1) is 0 Å². The molecule has 0 rings (SSSR count). The van der Waals surface area contributed by atoms with Gasteiger partial charge in [-0.05, 0) is 32.1 Å². The molecule has 0 saturated carbocycles. The Hall–Kier alpha value is -0.860. The highest BCUT2D eigenvalue weighted by Crippen LogP contribution is 2.30. The van der Waals surface area contributed by atoms with E-state index in [1.807, 2.05) is 6.42 Å². The number of ether oxygens (including phenoxy) is 1. The van der Waals surface area contributed by atoms with E-state index < -0.39 is 5.60 Å². The number of rotatable bonds is 14. The number of carbonyl (C=O) groups is 2. The lowest BCUT2D eigenvalue weighted by Crippen LogP contribution is -2.33. The maximum Gasteiger partial charge on any atom is 0.293 e. The van der Waals surface area contributed by atoms with Crippen LogP contribution in [0.2, 0.25) is 0 Å². The molecular formula is C16H27O3. The van der Waals surface area contributed by atoms with Gasteiger partial charge in [0.15, 0.2) is 0 Å². The van der Waals surface area contributed by atoms with Crippen LogP contribution < -0.4 is 0 Å². The van der Waals surface area contributed by atoms with E-state index in [1.165, 1.54) is 6.42 Å². The van der Waals surface area contributed by atoms with Crippen molar-refractivity contribution in [1.82, 2.24) is 0 Å². The quantitative estimate of drug-likeness (QED) is 0.354. The highest BCUT2D eigenvalue weighted by atomic mass is 16.5. The number of aldehydes is 1. The second kappa shape index (κ2) is 12.2. The molecule has 0 N–H and O–H groups in total. The monoisotopic (exact) mass is 267 g/mol. The van der Waals surface area contributed by atoms with Crippen molar-refractivity contribution in [2.45, 2.75) is 70.8 Å². The van der Waals surface area contributed by atoms with Crippen LogP contribution in [0.5, 0.6) is 0 Å². The summed E-state index contributed by atoms with van der Waals surface area (Å²) < 4.78 is 5.37. The first-order valence-electron chi connectivity index (χ1n) is 7.32. The highest BCUT2D eigenvalue weighted by molar-refractivity contribution is 5.64. The second-order valence-electron chi connectivity index (χ2n) is 4.88. The molecule has 0 saturated heterocycles. The van der Waals surface area contributed by atoms with Crippen molar-refractivity contribution in [3.05, 3.63) is 19.3 Å². The van der Waals surface area contributed by atoms with Gasteiger partial charge in [-0.3, -0.25) is 4.79 Å². The lowest BCUT2D eigenvalue weighted by molar-refractivity contribution is -0.141. The third-order valence-corrected chi connectivity index (χ3v) is 3.28. The van der Waals surface area contributed by atoms with E-state index in [1.54, 1.807) is 6.42 Å². The lowest BCUT2D eigenvalue weighted by atomic mass is 9.85. The molecular weight excluding hydrogens is 240 g/mol. The zero-order valence-electron chi connectivity index (χ0n) is 12.3. The Labute approximate surface area is 118 Å². The number of hydrogen-bond acceptors (Lipinski definition) is 3. The van der Waals surface area contributed by atoms with Crippen LogP contribution in [0.25, 0.3) is 0 Å². The first-order chi connectivity index (χ1) is 9.24. The van der Waals surface area contributed by atoms with E-state index in [9.17, 15) is 9.59 Å². The minimum atomic E-state index is -0.536. The maximum absolute atomic E-state index is 10.8. The molecule has 0 aliphatic heterocycles. The topological polar surface area (TPSA) is 43.4 Å². The Bertz CT molecular complexity index is 216. The fraction of sp³-hybridized carbons (Fsp3) is 0.688. The molecule has 19 heavy (non-hydrogen) atoms. The van der Waals surface area contributed by atoms with E-state index in [4.69, 9.17) is 4.74 Å². The molecule has 0 atom stereocenters. The lowest BCUT2D eigenvalue weighted by Gasteiger charge is -2.32. The van der Waals surface area contributed by atoms with Gasteiger partial charge in [-0.25, -0.2) is 0 Å². The van der Waals surface area contributed by atoms with Crippen molar-refractivity contribution in [2.75, 3.05) is 0 Å². The summed E-state index contributed by atoms with van der Waals surface area (Å²) >= 11 is 0.